The van der Waals surface area contributed by atoms with Gasteiger partial charge < -0.3 is 14.9 Å². The normalized spacial score (nSPS) is 21.6. The van der Waals surface area contributed by atoms with E-state index in [1.165, 1.54) is 6.26 Å². The smallest absolute Gasteiger partial charge is 0.124 e. The van der Waals surface area contributed by atoms with E-state index >= 15 is 0 Å². The highest BCUT2D eigenvalue weighted by Gasteiger charge is 2.24. The highest BCUT2D eigenvalue weighted by molar-refractivity contribution is 5.02. The molecule has 0 saturated carbocycles. The number of hydrogen-bond acceptors (Lipinski definition) is 4. The maximum absolute atomic E-state index is 9.88. The van der Waals surface area contributed by atoms with Gasteiger partial charge in [0, 0.05) is 6.07 Å². The fourth-order valence-electron chi connectivity index (χ4n) is 1.78. The summed E-state index contributed by atoms with van der Waals surface area (Å²) in [5.74, 6) is 0.325. The van der Waals surface area contributed by atoms with Gasteiger partial charge in [0.2, 0.25) is 0 Å². The lowest BCUT2D eigenvalue weighted by atomic mass is 9.90. The Morgan fingerprint density at radius 3 is 2.92 bits per heavy atom. The molecule has 1 unspecified atom stereocenters. The molecule has 0 bridgehead atoms. The highest BCUT2D eigenvalue weighted by atomic mass is 16.5. The van der Waals surface area contributed by atoms with Crippen LogP contribution in [0.2, 0.25) is 0 Å². The van der Waals surface area contributed by atoms with Crippen molar-refractivity contribution in [2.24, 2.45) is 5.92 Å². The van der Waals surface area contributed by atoms with E-state index in [1.54, 1.807) is 6.07 Å². The third-order valence-electron chi connectivity index (χ3n) is 2.59. The fraction of sp³-hybridized carbons (Fsp3) is 0.667. The molecule has 1 aliphatic heterocycles. The summed E-state index contributed by atoms with van der Waals surface area (Å²) < 4.78 is 4.70. The van der Waals surface area contributed by atoms with Crippen LogP contribution < -0.4 is 5.32 Å². The molecule has 0 amide bonds. The number of aromatic nitrogens is 1. The van der Waals surface area contributed by atoms with Crippen molar-refractivity contribution in [3.8, 4) is 0 Å². The van der Waals surface area contributed by atoms with E-state index in [4.69, 9.17) is 4.52 Å². The standard InChI is InChI=1S/C9H14N2O2/c12-9(8-3-6-13-11-8)7-1-4-10-5-2-7/h3,6-7,9-10,12H,1-2,4-5H2. The summed E-state index contributed by atoms with van der Waals surface area (Å²) in [6, 6.07) is 1.73. The van der Waals surface area contributed by atoms with Gasteiger partial charge in [0.25, 0.3) is 0 Å². The van der Waals surface area contributed by atoms with Crippen molar-refractivity contribution in [2.45, 2.75) is 18.9 Å². The second-order valence-electron chi connectivity index (χ2n) is 3.46. The van der Waals surface area contributed by atoms with Crippen LogP contribution in [-0.4, -0.2) is 23.4 Å². The lowest BCUT2D eigenvalue weighted by molar-refractivity contribution is 0.0820. The zero-order valence-electron chi connectivity index (χ0n) is 7.44. The summed E-state index contributed by atoms with van der Waals surface area (Å²) in [4.78, 5) is 0. The third-order valence-corrected chi connectivity index (χ3v) is 2.59. The van der Waals surface area contributed by atoms with Gasteiger partial charge in [-0.2, -0.15) is 0 Å². The van der Waals surface area contributed by atoms with Gasteiger partial charge in [-0.05, 0) is 31.8 Å². The van der Waals surface area contributed by atoms with Crippen molar-refractivity contribution >= 4 is 0 Å². The SMILES string of the molecule is OC(c1ccon1)C1CCNCC1. The van der Waals surface area contributed by atoms with Crippen molar-refractivity contribution in [1.82, 2.24) is 10.5 Å². The summed E-state index contributed by atoms with van der Waals surface area (Å²) >= 11 is 0. The molecule has 0 spiro atoms. The molecule has 2 heterocycles. The molecule has 1 saturated heterocycles. The van der Waals surface area contributed by atoms with Crippen molar-refractivity contribution in [2.75, 3.05) is 13.1 Å². The third kappa shape index (κ3) is 1.89. The number of nitrogens with zero attached hydrogens (tertiary/aromatic N) is 1. The molecule has 0 radical (unpaired) electrons. The Labute approximate surface area is 76.9 Å². The summed E-state index contributed by atoms with van der Waals surface area (Å²) in [5.41, 5.74) is 0.659. The van der Waals surface area contributed by atoms with Crippen LogP contribution in [0.1, 0.15) is 24.6 Å². The van der Waals surface area contributed by atoms with Gasteiger partial charge in [-0.1, -0.05) is 5.16 Å². The molecule has 0 aliphatic carbocycles. The molecule has 2 N–H and O–H groups in total. The average Bonchev–Trinajstić information content (AvgIpc) is 2.71. The number of hydrogen-bond donors (Lipinski definition) is 2. The van der Waals surface area contributed by atoms with Crippen LogP contribution in [0.5, 0.6) is 0 Å². The Kier molecular flexibility index (Phi) is 2.61. The minimum atomic E-state index is -0.458. The molecule has 13 heavy (non-hydrogen) atoms. The molecular formula is C9H14N2O2. The first-order chi connectivity index (χ1) is 6.38. The van der Waals surface area contributed by atoms with E-state index in [0.717, 1.165) is 25.9 Å². The molecule has 4 nitrogen and oxygen atoms in total. The Morgan fingerprint density at radius 2 is 2.31 bits per heavy atom. The highest BCUT2D eigenvalue weighted by Crippen LogP contribution is 2.27. The van der Waals surface area contributed by atoms with Crippen LogP contribution in [0.4, 0.5) is 0 Å². The van der Waals surface area contributed by atoms with Gasteiger partial charge in [0.05, 0.1) is 0 Å². The topological polar surface area (TPSA) is 58.3 Å². The molecule has 4 heteroatoms. The fourth-order valence-corrected chi connectivity index (χ4v) is 1.78. The van der Waals surface area contributed by atoms with E-state index in [9.17, 15) is 5.11 Å². The summed E-state index contributed by atoms with van der Waals surface area (Å²) in [6.45, 7) is 1.97. The van der Waals surface area contributed by atoms with Gasteiger partial charge in [-0.25, -0.2) is 0 Å². The molecule has 1 atom stereocenters. The monoisotopic (exact) mass is 182 g/mol. The van der Waals surface area contributed by atoms with E-state index in [2.05, 4.69) is 10.5 Å². The van der Waals surface area contributed by atoms with Gasteiger partial charge in [0.1, 0.15) is 18.1 Å². The van der Waals surface area contributed by atoms with E-state index in [1.807, 2.05) is 0 Å². The van der Waals surface area contributed by atoms with E-state index in [-0.39, 0.29) is 0 Å². The second-order valence-corrected chi connectivity index (χ2v) is 3.46. The van der Waals surface area contributed by atoms with Crippen LogP contribution in [0.25, 0.3) is 0 Å². The van der Waals surface area contributed by atoms with Crippen LogP contribution in [0, 0.1) is 5.92 Å². The average molecular weight is 182 g/mol. The zero-order chi connectivity index (χ0) is 9.10. The number of piperidine rings is 1. The van der Waals surface area contributed by atoms with Crippen LogP contribution >= 0.6 is 0 Å². The Bertz CT molecular complexity index is 242. The van der Waals surface area contributed by atoms with Crippen molar-refractivity contribution in [3.63, 3.8) is 0 Å². The lowest BCUT2D eigenvalue weighted by Gasteiger charge is -2.25. The predicted molar refractivity (Wildman–Crippen MR) is 47.1 cm³/mol. The minimum Gasteiger partial charge on any atom is -0.386 e. The molecule has 1 aromatic heterocycles. The molecule has 1 fully saturated rings. The Morgan fingerprint density at radius 1 is 1.54 bits per heavy atom. The number of nitrogens with one attached hydrogen (secondary N) is 1. The number of aliphatic hydroxyl groups excluding tert-OH is 1. The van der Waals surface area contributed by atoms with Gasteiger partial charge in [-0.15, -0.1) is 0 Å². The first kappa shape index (κ1) is 8.72. The second kappa shape index (κ2) is 3.89. The summed E-state index contributed by atoms with van der Waals surface area (Å²) in [6.07, 6.45) is 3.06. The molecule has 1 aromatic rings. The van der Waals surface area contributed by atoms with Crippen LogP contribution in [0.3, 0.4) is 0 Å². The van der Waals surface area contributed by atoms with Gasteiger partial charge in [-0.3, -0.25) is 0 Å². The van der Waals surface area contributed by atoms with Crippen LogP contribution in [0.15, 0.2) is 16.9 Å². The molecule has 0 aromatic carbocycles. The maximum atomic E-state index is 9.88. The number of rotatable bonds is 2. The molecule has 72 valence electrons. The van der Waals surface area contributed by atoms with Gasteiger partial charge >= 0.3 is 0 Å². The van der Waals surface area contributed by atoms with E-state index < -0.39 is 6.10 Å². The Hall–Kier alpha value is -0.870. The molecule has 2 rings (SSSR count). The summed E-state index contributed by atoms with van der Waals surface area (Å²) in [7, 11) is 0. The largest absolute Gasteiger partial charge is 0.386 e. The van der Waals surface area contributed by atoms with Crippen molar-refractivity contribution < 1.29 is 9.63 Å². The maximum Gasteiger partial charge on any atom is 0.124 e. The first-order valence-electron chi connectivity index (χ1n) is 4.67. The molecule has 1 aliphatic rings. The van der Waals surface area contributed by atoms with Crippen LogP contribution in [-0.2, 0) is 0 Å². The quantitative estimate of drug-likeness (QED) is 0.707. The van der Waals surface area contributed by atoms with Crippen molar-refractivity contribution in [1.29, 1.82) is 0 Å². The predicted octanol–water partition coefficient (Wildman–Crippen LogP) is 0.708. The number of aliphatic hydroxyl groups is 1. The molecular weight excluding hydrogens is 168 g/mol. The lowest BCUT2D eigenvalue weighted by Crippen LogP contribution is -2.30. The minimum absolute atomic E-state index is 0.325. The van der Waals surface area contributed by atoms with Gasteiger partial charge in [0.15, 0.2) is 0 Å². The van der Waals surface area contributed by atoms with E-state index in [0.29, 0.717) is 11.6 Å². The zero-order valence-corrected chi connectivity index (χ0v) is 7.44. The Balaban J connectivity index is 1.99. The van der Waals surface area contributed by atoms with Crippen molar-refractivity contribution in [3.05, 3.63) is 18.0 Å². The first-order valence-corrected chi connectivity index (χ1v) is 4.67. The summed E-state index contributed by atoms with van der Waals surface area (Å²) in [5, 5.41) is 16.9.